The average Bonchev–Trinajstić information content (AvgIpc) is 2.83. The van der Waals surface area contributed by atoms with E-state index in [4.69, 9.17) is 20.4 Å². The second kappa shape index (κ2) is 8.42. The van der Waals surface area contributed by atoms with Gasteiger partial charge in [0.05, 0.1) is 10.8 Å². The number of sulfonamides is 1. The van der Waals surface area contributed by atoms with Gasteiger partial charge in [0.2, 0.25) is 29.8 Å². The molecule has 0 radical (unpaired) electrons. The fourth-order valence-electron chi connectivity index (χ4n) is 2.15. The molecule has 0 aliphatic carbocycles. The van der Waals surface area contributed by atoms with E-state index in [0.717, 1.165) is 6.07 Å². The monoisotopic (exact) mass is 499 g/mol. The van der Waals surface area contributed by atoms with Crippen LogP contribution in [0.1, 0.15) is 6.42 Å². The molecule has 27 heavy (non-hydrogen) atoms. The Labute approximate surface area is 172 Å². The number of hydrogen-bond donors (Lipinski definition) is 2. The molecule has 2 N–H and O–H groups in total. The minimum Gasteiger partial charge on any atom is -0.538 e. The Morgan fingerprint density at radius 3 is 2.59 bits per heavy atom. The molecule has 0 amide bonds. The van der Waals surface area contributed by atoms with E-state index < -0.39 is 24.2 Å². The van der Waals surface area contributed by atoms with Crippen molar-refractivity contribution in [1.82, 2.24) is 0 Å². The number of benzene rings is 1. The van der Waals surface area contributed by atoms with Crippen LogP contribution >= 0.6 is 27.5 Å². The van der Waals surface area contributed by atoms with E-state index in [2.05, 4.69) is 20.7 Å². The number of nitrogens with one attached hydrogen (secondary N) is 1. The van der Waals surface area contributed by atoms with Crippen LogP contribution in [0.5, 0.6) is 11.5 Å². The third-order valence-corrected chi connectivity index (χ3v) is 6.21. The van der Waals surface area contributed by atoms with Crippen molar-refractivity contribution in [1.29, 1.82) is 0 Å². The first-order valence-corrected chi connectivity index (χ1v) is 14.6. The van der Waals surface area contributed by atoms with Crippen molar-refractivity contribution in [3.63, 3.8) is 0 Å². The van der Waals surface area contributed by atoms with E-state index in [1.807, 2.05) is 19.6 Å². The van der Waals surface area contributed by atoms with Crippen LogP contribution in [0.3, 0.4) is 0 Å². The molecule has 1 heterocycles. The van der Waals surface area contributed by atoms with Crippen LogP contribution < -0.4 is 9.15 Å². The fraction of sp³-hybridized carbons (Fsp3) is 0.375. The summed E-state index contributed by atoms with van der Waals surface area (Å²) in [6.45, 7) is 5.62. The molecule has 0 fully saturated rings. The van der Waals surface area contributed by atoms with Crippen molar-refractivity contribution in [2.75, 3.05) is 15.8 Å². The smallest absolute Gasteiger partial charge is 0.252 e. The molecule has 2 aromatic rings. The molecule has 150 valence electrons. The van der Waals surface area contributed by atoms with Crippen LogP contribution in [0.4, 0.5) is 10.3 Å². The van der Waals surface area contributed by atoms with Crippen LogP contribution in [0.25, 0.3) is 11.3 Å². The molecule has 0 bridgehead atoms. The summed E-state index contributed by atoms with van der Waals surface area (Å²) in [6, 6.07) is 3.76. The second-order valence-electron chi connectivity index (χ2n) is 6.74. The van der Waals surface area contributed by atoms with Gasteiger partial charge in [-0.1, -0.05) is 27.5 Å². The largest absolute Gasteiger partial charge is 0.538 e. The number of rotatable bonds is 8. The van der Waals surface area contributed by atoms with Gasteiger partial charge in [-0.05, 0) is 44.3 Å². The van der Waals surface area contributed by atoms with E-state index in [-0.39, 0.29) is 39.5 Å². The van der Waals surface area contributed by atoms with Crippen molar-refractivity contribution in [3.05, 3.63) is 29.0 Å². The number of anilines is 1. The Hall–Kier alpha value is -1.23. The molecule has 6 nitrogen and oxygen atoms in total. The molecule has 1 aromatic heterocycles. The topological polar surface area (TPSA) is 88.8 Å². The van der Waals surface area contributed by atoms with Gasteiger partial charge < -0.3 is 13.9 Å². The third kappa shape index (κ3) is 5.87. The van der Waals surface area contributed by atoms with Gasteiger partial charge in [0.25, 0.3) is 5.88 Å². The predicted molar refractivity (Wildman–Crippen MR) is 111 cm³/mol. The Balaban J connectivity index is 2.52. The summed E-state index contributed by atoms with van der Waals surface area (Å²) in [4.78, 5) is 0. The lowest BCUT2D eigenvalue weighted by molar-refractivity contribution is 0.440. The maximum absolute atomic E-state index is 13.4. The van der Waals surface area contributed by atoms with Crippen LogP contribution in [0.15, 0.2) is 22.6 Å². The first-order valence-electron chi connectivity index (χ1n) is 8.00. The number of hydrogen-bond acceptors (Lipinski definition) is 5. The Kier molecular flexibility index (Phi) is 6.88. The molecule has 2 rings (SSSR count). The molecule has 0 unspecified atom stereocenters. The highest BCUT2D eigenvalue weighted by atomic mass is 79.9. The lowest BCUT2D eigenvalue weighted by Crippen LogP contribution is -2.29. The van der Waals surface area contributed by atoms with Gasteiger partial charge in [0, 0.05) is 10.9 Å². The molecule has 0 saturated carbocycles. The normalized spacial score (nSPS) is 12.2. The molecule has 11 heteroatoms. The zero-order valence-electron chi connectivity index (χ0n) is 15.0. The van der Waals surface area contributed by atoms with Gasteiger partial charge in [0.15, 0.2) is 5.76 Å². The maximum Gasteiger partial charge on any atom is 0.252 e. The first kappa shape index (κ1) is 22.1. The molecular weight excluding hydrogens is 481 g/mol. The molecular formula is C16H20BrClFNO5SSi. The summed E-state index contributed by atoms with van der Waals surface area (Å²) in [7, 11) is -5.93. The quantitative estimate of drug-likeness (QED) is 0.385. The van der Waals surface area contributed by atoms with Crippen molar-refractivity contribution in [2.45, 2.75) is 26.1 Å². The first-order chi connectivity index (χ1) is 12.4. The molecule has 0 aliphatic rings. The summed E-state index contributed by atoms with van der Waals surface area (Å²) in [5, 5.41) is 10.9. The predicted octanol–water partition coefficient (Wildman–Crippen LogP) is 5.19. The standard InChI is InChI=1S/C16H20BrClFNO5SSi/c1-27(2,3)25-15-13(21)14(10-5-6-12(19)11(18)9-10)24-16(15)20-26(22,23)8-4-7-17/h5-6,9,20-21H,4,7-8H2,1-3H3. The number of halogens is 3. The fourth-order valence-corrected chi connectivity index (χ4v) is 4.82. The van der Waals surface area contributed by atoms with E-state index in [9.17, 15) is 17.9 Å². The van der Waals surface area contributed by atoms with Crippen LogP contribution in [0, 0.1) is 5.82 Å². The average molecular weight is 501 g/mol. The van der Waals surface area contributed by atoms with Gasteiger partial charge in [0.1, 0.15) is 5.82 Å². The van der Waals surface area contributed by atoms with E-state index in [1.54, 1.807) is 0 Å². The Morgan fingerprint density at radius 2 is 2.04 bits per heavy atom. The zero-order valence-corrected chi connectivity index (χ0v) is 19.1. The molecule has 0 saturated heterocycles. The van der Waals surface area contributed by atoms with E-state index >= 15 is 0 Å². The van der Waals surface area contributed by atoms with E-state index in [1.165, 1.54) is 12.1 Å². The minimum absolute atomic E-state index is 0.0664. The van der Waals surface area contributed by atoms with Crippen LogP contribution in [-0.4, -0.2) is 32.9 Å². The molecule has 1 aromatic carbocycles. The van der Waals surface area contributed by atoms with Crippen molar-refractivity contribution >= 4 is 51.8 Å². The van der Waals surface area contributed by atoms with Crippen molar-refractivity contribution < 1.29 is 26.8 Å². The van der Waals surface area contributed by atoms with Gasteiger partial charge in [-0.2, -0.15) is 0 Å². The summed E-state index contributed by atoms with van der Waals surface area (Å²) >= 11 is 8.98. The summed E-state index contributed by atoms with van der Waals surface area (Å²) in [5.41, 5.74) is 0.283. The summed E-state index contributed by atoms with van der Waals surface area (Å²) < 4.78 is 51.6. The minimum atomic E-state index is -3.71. The highest BCUT2D eigenvalue weighted by molar-refractivity contribution is 9.09. The lowest BCUT2D eigenvalue weighted by atomic mass is 10.1. The van der Waals surface area contributed by atoms with Gasteiger partial charge in [-0.25, -0.2) is 17.5 Å². The SMILES string of the molecule is C[Si](C)(C)Oc1c(NS(=O)(=O)CCCBr)oc(-c2ccc(F)c(Cl)c2)c1O. The van der Waals surface area contributed by atoms with Crippen molar-refractivity contribution in [2.24, 2.45) is 0 Å². The van der Waals surface area contributed by atoms with Gasteiger partial charge in [-0.3, -0.25) is 0 Å². The van der Waals surface area contributed by atoms with Crippen molar-refractivity contribution in [3.8, 4) is 22.8 Å². The van der Waals surface area contributed by atoms with Gasteiger partial charge >= 0.3 is 0 Å². The number of furan rings is 1. The van der Waals surface area contributed by atoms with E-state index in [0.29, 0.717) is 11.8 Å². The lowest BCUT2D eigenvalue weighted by Gasteiger charge is -2.19. The molecule has 0 aliphatic heterocycles. The number of aromatic hydroxyl groups is 1. The van der Waals surface area contributed by atoms with Crippen LogP contribution in [-0.2, 0) is 10.0 Å². The molecule has 0 spiro atoms. The van der Waals surface area contributed by atoms with Gasteiger partial charge in [-0.15, -0.1) is 0 Å². The molecule has 0 atom stereocenters. The highest BCUT2D eigenvalue weighted by Crippen LogP contribution is 2.47. The highest BCUT2D eigenvalue weighted by Gasteiger charge is 2.30. The Bertz CT molecular complexity index is 930. The number of alkyl halides is 1. The maximum atomic E-state index is 13.4. The second-order valence-corrected chi connectivity index (χ2v) is 14.2. The van der Waals surface area contributed by atoms with Crippen LogP contribution in [0.2, 0.25) is 24.7 Å². The summed E-state index contributed by atoms with van der Waals surface area (Å²) in [5.74, 6) is -1.52. The Morgan fingerprint density at radius 1 is 1.37 bits per heavy atom. The third-order valence-electron chi connectivity index (χ3n) is 3.23. The zero-order chi connectivity index (χ0) is 20.4. The summed E-state index contributed by atoms with van der Waals surface area (Å²) in [6.07, 6.45) is 0.395.